The lowest BCUT2D eigenvalue weighted by atomic mass is 9.75. The van der Waals surface area contributed by atoms with E-state index in [1.54, 1.807) is 19.1 Å². The van der Waals surface area contributed by atoms with Crippen molar-refractivity contribution in [2.24, 2.45) is 5.41 Å². The molecule has 0 aliphatic heterocycles. The molecule has 1 N–H and O–H groups in total. The standard InChI is InChI=1S/C31H34F3NO4/c1-5-19(12-29(36)37)22-13-20(32)14-27(30(22)34)39-17-18-8-9-21(24-15-28(38-4)35-16-26(24)33)23(11-18)25-7-6-10-31(25,2)3/h8-9,11,13-16,19,25H,5-7,10,12,17H2,1-4H3,(H,36,37)/t19-,25+/m0/s1. The van der Waals surface area contributed by atoms with Crippen LogP contribution in [0, 0.1) is 22.9 Å². The number of hydrogen-bond acceptors (Lipinski definition) is 4. The first-order chi connectivity index (χ1) is 18.5. The highest BCUT2D eigenvalue weighted by Gasteiger charge is 2.37. The lowest BCUT2D eigenvalue weighted by Gasteiger charge is -2.30. The maximum absolute atomic E-state index is 15.3. The Labute approximate surface area is 227 Å². The molecule has 1 aliphatic carbocycles. The molecule has 1 aromatic heterocycles. The molecule has 1 aliphatic rings. The van der Waals surface area contributed by atoms with E-state index in [-0.39, 0.29) is 35.7 Å². The van der Waals surface area contributed by atoms with Crippen molar-refractivity contribution in [1.29, 1.82) is 0 Å². The summed E-state index contributed by atoms with van der Waals surface area (Å²) >= 11 is 0. The molecule has 3 aromatic rings. The quantitative estimate of drug-likeness (QED) is 0.282. The average Bonchev–Trinajstić information content (AvgIpc) is 3.26. The molecule has 0 radical (unpaired) electrons. The van der Waals surface area contributed by atoms with E-state index in [0.29, 0.717) is 17.9 Å². The molecule has 39 heavy (non-hydrogen) atoms. The maximum atomic E-state index is 15.3. The first-order valence-corrected chi connectivity index (χ1v) is 13.2. The van der Waals surface area contributed by atoms with Gasteiger partial charge in [-0.3, -0.25) is 4.79 Å². The van der Waals surface area contributed by atoms with E-state index in [2.05, 4.69) is 18.8 Å². The Kier molecular flexibility index (Phi) is 8.52. The van der Waals surface area contributed by atoms with Crippen molar-refractivity contribution in [1.82, 2.24) is 4.98 Å². The Morgan fingerprint density at radius 3 is 2.56 bits per heavy atom. The number of hydrogen-bond donors (Lipinski definition) is 1. The van der Waals surface area contributed by atoms with Crippen LogP contribution in [0.15, 0.2) is 42.6 Å². The van der Waals surface area contributed by atoms with Crippen molar-refractivity contribution in [2.45, 2.75) is 71.3 Å². The van der Waals surface area contributed by atoms with Crippen molar-refractivity contribution >= 4 is 5.97 Å². The van der Waals surface area contributed by atoms with Gasteiger partial charge in [-0.1, -0.05) is 45.4 Å². The molecule has 208 valence electrons. The molecule has 0 bridgehead atoms. The van der Waals surface area contributed by atoms with Crippen molar-refractivity contribution < 1.29 is 32.5 Å². The fourth-order valence-electron chi connectivity index (χ4n) is 5.71. The number of nitrogens with zero attached hydrogens (tertiary/aromatic N) is 1. The number of halogens is 3. The number of methoxy groups -OCH3 is 1. The van der Waals surface area contributed by atoms with E-state index < -0.39 is 29.3 Å². The second-order valence-electron chi connectivity index (χ2n) is 10.9. The largest absolute Gasteiger partial charge is 0.486 e. The molecule has 4 rings (SSSR count). The van der Waals surface area contributed by atoms with Gasteiger partial charge in [-0.05, 0) is 64.8 Å². The maximum Gasteiger partial charge on any atom is 0.303 e. The van der Waals surface area contributed by atoms with Crippen molar-refractivity contribution in [3.63, 3.8) is 0 Å². The number of ether oxygens (including phenoxy) is 2. The van der Waals surface area contributed by atoms with Gasteiger partial charge in [-0.25, -0.2) is 18.2 Å². The highest BCUT2D eigenvalue weighted by atomic mass is 19.1. The average molecular weight is 542 g/mol. The summed E-state index contributed by atoms with van der Waals surface area (Å²) in [5.74, 6) is -3.49. The molecule has 0 saturated heterocycles. The predicted octanol–water partition coefficient (Wildman–Crippen LogP) is 8.02. The molecule has 2 atom stereocenters. The van der Waals surface area contributed by atoms with Crippen LogP contribution in [-0.4, -0.2) is 23.2 Å². The summed E-state index contributed by atoms with van der Waals surface area (Å²) in [5, 5.41) is 9.18. The minimum Gasteiger partial charge on any atom is -0.486 e. The second kappa shape index (κ2) is 11.7. The number of carbonyl (C=O) groups is 1. The molecule has 0 spiro atoms. The van der Waals surface area contributed by atoms with Crippen LogP contribution in [0.2, 0.25) is 0 Å². The molecule has 1 heterocycles. The van der Waals surface area contributed by atoms with Gasteiger partial charge in [0, 0.05) is 17.7 Å². The molecular formula is C31H34F3NO4. The van der Waals surface area contributed by atoms with E-state index >= 15 is 4.39 Å². The molecule has 0 amide bonds. The number of aliphatic carboxylic acids is 1. The molecule has 8 heteroatoms. The highest BCUT2D eigenvalue weighted by Crippen LogP contribution is 2.51. The van der Waals surface area contributed by atoms with Crippen molar-refractivity contribution in [3.05, 3.63) is 76.7 Å². The highest BCUT2D eigenvalue weighted by molar-refractivity contribution is 5.70. The summed E-state index contributed by atoms with van der Waals surface area (Å²) < 4.78 is 55.7. The fourth-order valence-corrected chi connectivity index (χ4v) is 5.71. The van der Waals surface area contributed by atoms with E-state index in [0.717, 1.165) is 54.3 Å². The minimum absolute atomic E-state index is 0.00923. The Morgan fingerprint density at radius 1 is 1.15 bits per heavy atom. The number of carboxylic acids is 1. The molecule has 1 fully saturated rings. The summed E-state index contributed by atoms with van der Waals surface area (Å²) in [6.07, 6.45) is 4.20. The Hall–Kier alpha value is -3.55. The Balaban J connectivity index is 1.70. The van der Waals surface area contributed by atoms with Crippen LogP contribution in [0.4, 0.5) is 13.2 Å². The van der Waals surface area contributed by atoms with Gasteiger partial charge < -0.3 is 14.6 Å². The molecule has 0 unspecified atom stereocenters. The third-order valence-electron chi connectivity index (χ3n) is 7.86. The topological polar surface area (TPSA) is 68.7 Å². The third kappa shape index (κ3) is 6.21. The zero-order valence-electron chi connectivity index (χ0n) is 22.7. The zero-order valence-corrected chi connectivity index (χ0v) is 22.7. The number of rotatable bonds is 10. The number of benzene rings is 2. The normalized spacial score (nSPS) is 17.2. The summed E-state index contributed by atoms with van der Waals surface area (Å²) in [6, 6.07) is 9.15. The SMILES string of the molecule is CC[C@@H](CC(=O)O)c1cc(F)cc(OCc2ccc(-c3cc(OC)ncc3F)c([C@H]3CCCC3(C)C)c2)c1F. The number of carboxylic acid groups (broad SMARTS) is 1. The predicted molar refractivity (Wildman–Crippen MR) is 143 cm³/mol. The van der Waals surface area contributed by atoms with Gasteiger partial charge in [0.25, 0.3) is 0 Å². The van der Waals surface area contributed by atoms with Crippen LogP contribution in [-0.2, 0) is 11.4 Å². The van der Waals surface area contributed by atoms with Crippen molar-refractivity contribution in [2.75, 3.05) is 7.11 Å². The van der Waals surface area contributed by atoms with Gasteiger partial charge in [0.05, 0.1) is 19.7 Å². The smallest absolute Gasteiger partial charge is 0.303 e. The third-order valence-corrected chi connectivity index (χ3v) is 7.86. The van der Waals surface area contributed by atoms with E-state index in [9.17, 15) is 18.7 Å². The van der Waals surface area contributed by atoms with E-state index in [4.69, 9.17) is 9.47 Å². The summed E-state index contributed by atoms with van der Waals surface area (Å²) in [4.78, 5) is 15.2. The van der Waals surface area contributed by atoms with Gasteiger partial charge in [0.15, 0.2) is 11.6 Å². The minimum atomic E-state index is -1.08. The first kappa shape index (κ1) is 28.5. The fraction of sp³-hybridized carbons (Fsp3) is 0.419. The monoisotopic (exact) mass is 541 g/mol. The number of pyridine rings is 1. The van der Waals surface area contributed by atoms with Gasteiger partial charge >= 0.3 is 5.97 Å². The second-order valence-corrected chi connectivity index (χ2v) is 10.9. The lowest BCUT2D eigenvalue weighted by Crippen LogP contribution is -2.17. The summed E-state index contributed by atoms with van der Waals surface area (Å²) in [6.45, 7) is 6.09. The number of aromatic nitrogens is 1. The van der Waals surface area contributed by atoms with Crippen LogP contribution >= 0.6 is 0 Å². The summed E-state index contributed by atoms with van der Waals surface area (Å²) in [7, 11) is 1.48. The van der Waals surface area contributed by atoms with Crippen molar-refractivity contribution in [3.8, 4) is 22.8 Å². The Morgan fingerprint density at radius 2 is 1.92 bits per heavy atom. The molecule has 5 nitrogen and oxygen atoms in total. The van der Waals surface area contributed by atoms with Gasteiger partial charge in [0.1, 0.15) is 18.2 Å². The van der Waals surface area contributed by atoms with Gasteiger partial charge in [-0.15, -0.1) is 0 Å². The van der Waals surface area contributed by atoms with Crippen LogP contribution in [0.3, 0.4) is 0 Å². The van der Waals surface area contributed by atoms with Crippen LogP contribution in [0.25, 0.3) is 11.1 Å². The van der Waals surface area contributed by atoms with Gasteiger partial charge in [0.2, 0.25) is 5.88 Å². The molecular weight excluding hydrogens is 507 g/mol. The van der Waals surface area contributed by atoms with E-state index in [1.807, 2.05) is 12.1 Å². The lowest BCUT2D eigenvalue weighted by molar-refractivity contribution is -0.137. The van der Waals surface area contributed by atoms with E-state index in [1.165, 1.54) is 7.11 Å². The van der Waals surface area contributed by atoms with Crippen LogP contribution < -0.4 is 9.47 Å². The Bertz CT molecular complexity index is 1360. The summed E-state index contributed by atoms with van der Waals surface area (Å²) in [5.41, 5.74) is 2.78. The van der Waals surface area contributed by atoms with Crippen LogP contribution in [0.5, 0.6) is 11.6 Å². The zero-order chi connectivity index (χ0) is 28.3. The van der Waals surface area contributed by atoms with Crippen LogP contribution in [0.1, 0.15) is 81.4 Å². The van der Waals surface area contributed by atoms with Gasteiger partial charge in [-0.2, -0.15) is 0 Å². The molecule has 2 aromatic carbocycles. The molecule has 1 saturated carbocycles. The first-order valence-electron chi connectivity index (χ1n) is 13.2.